The van der Waals surface area contributed by atoms with Crippen molar-refractivity contribution in [2.75, 3.05) is 12.4 Å². The third-order valence-corrected chi connectivity index (χ3v) is 1.99. The number of anilines is 1. The molecule has 3 N–H and O–H groups in total. The monoisotopic (exact) mass is 194 g/mol. The van der Waals surface area contributed by atoms with Gasteiger partial charge in [0.1, 0.15) is 5.75 Å². The molecule has 0 spiro atoms. The maximum absolute atomic E-state index is 11.4. The lowest BCUT2D eigenvalue weighted by atomic mass is 10.2. The summed E-state index contributed by atoms with van der Waals surface area (Å²) in [6.07, 6.45) is 0. The van der Waals surface area contributed by atoms with Crippen molar-refractivity contribution < 1.29 is 9.90 Å². The zero-order valence-corrected chi connectivity index (χ0v) is 8.24. The van der Waals surface area contributed by atoms with Crippen LogP contribution in [0, 0.1) is 0 Å². The Morgan fingerprint density at radius 3 is 2.64 bits per heavy atom. The van der Waals surface area contributed by atoms with Gasteiger partial charge in [-0.3, -0.25) is 4.79 Å². The minimum absolute atomic E-state index is 0.0733. The molecule has 14 heavy (non-hydrogen) atoms. The summed E-state index contributed by atoms with van der Waals surface area (Å²) in [5.74, 6) is -0.0989. The normalized spacial score (nSPS) is 12.1. The van der Waals surface area contributed by atoms with Crippen LogP contribution < -0.4 is 10.6 Å². The van der Waals surface area contributed by atoms with E-state index in [-0.39, 0.29) is 17.7 Å². The van der Waals surface area contributed by atoms with E-state index in [1.807, 2.05) is 0 Å². The molecule has 0 unspecified atom stereocenters. The first-order chi connectivity index (χ1) is 6.65. The largest absolute Gasteiger partial charge is 0.506 e. The van der Waals surface area contributed by atoms with Crippen LogP contribution >= 0.6 is 0 Å². The van der Waals surface area contributed by atoms with Gasteiger partial charge in [0.15, 0.2) is 0 Å². The Labute approximate surface area is 82.9 Å². The van der Waals surface area contributed by atoms with Gasteiger partial charge in [0, 0.05) is 0 Å². The van der Waals surface area contributed by atoms with Crippen molar-refractivity contribution in [2.45, 2.75) is 13.0 Å². The Kier molecular flexibility index (Phi) is 3.48. The van der Waals surface area contributed by atoms with Crippen LogP contribution in [0.5, 0.6) is 5.75 Å². The molecule has 1 aromatic rings. The maximum Gasteiger partial charge on any atom is 0.241 e. The van der Waals surface area contributed by atoms with Gasteiger partial charge in [-0.2, -0.15) is 0 Å². The molecule has 1 rings (SSSR count). The van der Waals surface area contributed by atoms with Crippen LogP contribution in [-0.2, 0) is 4.79 Å². The summed E-state index contributed by atoms with van der Waals surface area (Å²) in [4.78, 5) is 11.4. The average Bonchev–Trinajstić information content (AvgIpc) is 2.20. The first-order valence-electron chi connectivity index (χ1n) is 4.41. The fourth-order valence-electron chi connectivity index (χ4n) is 0.951. The van der Waals surface area contributed by atoms with Crippen molar-refractivity contribution in [3.05, 3.63) is 24.3 Å². The predicted molar refractivity (Wildman–Crippen MR) is 55.3 cm³/mol. The van der Waals surface area contributed by atoms with Gasteiger partial charge < -0.3 is 15.7 Å². The number of rotatable bonds is 3. The first kappa shape index (κ1) is 10.5. The lowest BCUT2D eigenvalue weighted by Gasteiger charge is -2.11. The Bertz CT molecular complexity index is 326. The van der Waals surface area contributed by atoms with E-state index in [0.29, 0.717) is 5.69 Å². The maximum atomic E-state index is 11.4. The van der Waals surface area contributed by atoms with Gasteiger partial charge >= 0.3 is 0 Å². The van der Waals surface area contributed by atoms with Gasteiger partial charge in [-0.1, -0.05) is 12.1 Å². The molecular weight excluding hydrogens is 180 g/mol. The molecule has 1 atom stereocenters. The van der Waals surface area contributed by atoms with Gasteiger partial charge in [-0.05, 0) is 26.1 Å². The third-order valence-electron chi connectivity index (χ3n) is 1.99. The quantitative estimate of drug-likeness (QED) is 0.627. The zero-order chi connectivity index (χ0) is 10.6. The molecule has 0 saturated heterocycles. The van der Waals surface area contributed by atoms with Crippen LogP contribution in [0.15, 0.2) is 24.3 Å². The number of phenols is 1. The molecule has 0 radical (unpaired) electrons. The molecule has 0 bridgehead atoms. The Hall–Kier alpha value is -1.55. The predicted octanol–water partition coefficient (Wildman–Crippen LogP) is 0.939. The van der Waals surface area contributed by atoms with E-state index < -0.39 is 0 Å². The molecule has 1 aromatic carbocycles. The van der Waals surface area contributed by atoms with Crippen molar-refractivity contribution >= 4 is 11.6 Å². The number of hydrogen-bond donors (Lipinski definition) is 3. The number of carbonyl (C=O) groups excluding carboxylic acids is 1. The molecule has 0 heterocycles. The lowest BCUT2D eigenvalue weighted by Crippen LogP contribution is -2.35. The zero-order valence-electron chi connectivity index (χ0n) is 8.24. The number of nitrogens with one attached hydrogen (secondary N) is 2. The average molecular weight is 194 g/mol. The van der Waals surface area contributed by atoms with Gasteiger partial charge in [-0.15, -0.1) is 0 Å². The molecule has 0 aromatic heterocycles. The summed E-state index contributed by atoms with van der Waals surface area (Å²) in [6.45, 7) is 1.75. The molecule has 0 saturated carbocycles. The van der Waals surface area contributed by atoms with E-state index in [4.69, 9.17) is 0 Å². The summed E-state index contributed by atoms with van der Waals surface area (Å²) in [5, 5.41) is 14.8. The second-order valence-electron chi connectivity index (χ2n) is 3.02. The van der Waals surface area contributed by atoms with E-state index in [1.165, 1.54) is 6.07 Å². The fourth-order valence-corrected chi connectivity index (χ4v) is 0.951. The number of para-hydroxylation sites is 2. The highest BCUT2D eigenvalue weighted by Gasteiger charge is 2.11. The van der Waals surface area contributed by atoms with Gasteiger partial charge in [0.2, 0.25) is 5.91 Å². The number of aromatic hydroxyl groups is 1. The molecule has 0 aliphatic rings. The number of amides is 1. The van der Waals surface area contributed by atoms with Crippen molar-refractivity contribution in [1.29, 1.82) is 0 Å². The SMILES string of the molecule is CN[C@@H](C)C(=O)Nc1ccccc1O. The molecular formula is C10H14N2O2. The third kappa shape index (κ3) is 2.47. The summed E-state index contributed by atoms with van der Waals surface area (Å²) >= 11 is 0. The molecule has 4 heteroatoms. The minimum atomic E-state index is -0.283. The van der Waals surface area contributed by atoms with Gasteiger partial charge in [0.05, 0.1) is 11.7 Å². The van der Waals surface area contributed by atoms with E-state index in [0.717, 1.165) is 0 Å². The number of carbonyl (C=O) groups is 1. The minimum Gasteiger partial charge on any atom is -0.506 e. The molecule has 76 valence electrons. The Balaban J connectivity index is 2.70. The van der Waals surface area contributed by atoms with Crippen molar-refractivity contribution in [1.82, 2.24) is 5.32 Å². The van der Waals surface area contributed by atoms with Crippen molar-refractivity contribution in [2.24, 2.45) is 0 Å². The summed E-state index contributed by atoms with van der Waals surface area (Å²) < 4.78 is 0. The number of hydrogen-bond acceptors (Lipinski definition) is 3. The van der Waals surface area contributed by atoms with Crippen LogP contribution in [0.1, 0.15) is 6.92 Å². The lowest BCUT2D eigenvalue weighted by molar-refractivity contribution is -0.117. The number of phenolic OH excluding ortho intramolecular Hbond substituents is 1. The van der Waals surface area contributed by atoms with Crippen LogP contribution in [0.4, 0.5) is 5.69 Å². The van der Waals surface area contributed by atoms with Crippen molar-refractivity contribution in [3.63, 3.8) is 0 Å². The Morgan fingerprint density at radius 1 is 1.43 bits per heavy atom. The molecule has 0 fully saturated rings. The van der Waals surface area contributed by atoms with Gasteiger partial charge in [0.25, 0.3) is 0 Å². The van der Waals surface area contributed by atoms with Crippen LogP contribution in [-0.4, -0.2) is 24.1 Å². The molecule has 0 aliphatic heterocycles. The van der Waals surface area contributed by atoms with Gasteiger partial charge in [-0.25, -0.2) is 0 Å². The molecule has 4 nitrogen and oxygen atoms in total. The number of benzene rings is 1. The smallest absolute Gasteiger partial charge is 0.241 e. The van der Waals surface area contributed by atoms with E-state index >= 15 is 0 Å². The summed E-state index contributed by atoms with van der Waals surface area (Å²) in [6, 6.07) is 6.34. The Morgan fingerprint density at radius 2 is 2.07 bits per heavy atom. The summed E-state index contributed by atoms with van der Waals surface area (Å²) in [7, 11) is 1.70. The molecule has 0 aliphatic carbocycles. The van der Waals surface area contributed by atoms with E-state index in [9.17, 15) is 9.90 Å². The topological polar surface area (TPSA) is 61.4 Å². The first-order valence-corrected chi connectivity index (χ1v) is 4.41. The van der Waals surface area contributed by atoms with Crippen LogP contribution in [0.2, 0.25) is 0 Å². The highest BCUT2D eigenvalue weighted by atomic mass is 16.3. The second-order valence-corrected chi connectivity index (χ2v) is 3.02. The van der Waals surface area contributed by atoms with Crippen LogP contribution in [0.25, 0.3) is 0 Å². The molecule has 1 amide bonds. The standard InChI is InChI=1S/C10H14N2O2/c1-7(11-2)10(14)12-8-5-3-4-6-9(8)13/h3-7,11,13H,1-2H3,(H,12,14)/t7-/m0/s1. The van der Waals surface area contributed by atoms with E-state index in [2.05, 4.69) is 10.6 Å². The highest BCUT2D eigenvalue weighted by Crippen LogP contribution is 2.21. The summed E-state index contributed by atoms with van der Waals surface area (Å²) in [5.41, 5.74) is 0.430. The second kappa shape index (κ2) is 4.62. The van der Waals surface area contributed by atoms with E-state index in [1.54, 1.807) is 32.2 Å². The highest BCUT2D eigenvalue weighted by molar-refractivity contribution is 5.95. The number of likely N-dealkylation sites (N-methyl/N-ethyl adjacent to an activating group) is 1. The van der Waals surface area contributed by atoms with Crippen LogP contribution in [0.3, 0.4) is 0 Å². The van der Waals surface area contributed by atoms with Crippen molar-refractivity contribution in [3.8, 4) is 5.75 Å². The fraction of sp³-hybridized carbons (Fsp3) is 0.300.